The first-order chi connectivity index (χ1) is 8.08. The molecule has 2 aromatic rings. The molecule has 0 aliphatic carbocycles. The van der Waals surface area contributed by atoms with Crippen molar-refractivity contribution in [3.8, 4) is 5.69 Å². The Balaban J connectivity index is 2.37. The lowest BCUT2D eigenvalue weighted by Crippen LogP contribution is -2.02. The van der Waals surface area contributed by atoms with Crippen LogP contribution in [0.5, 0.6) is 0 Å². The number of hydrogen-bond acceptors (Lipinski definition) is 1. The van der Waals surface area contributed by atoms with Crippen LogP contribution in [0.3, 0.4) is 0 Å². The normalized spacial score (nSPS) is 11.1. The Hall–Kier alpha value is -1.57. The van der Waals surface area contributed by atoms with Crippen LogP contribution in [0, 0.1) is 19.8 Å². The second-order valence-electron chi connectivity index (χ2n) is 5.09. The number of rotatable bonds is 3. The van der Waals surface area contributed by atoms with Crippen molar-refractivity contribution in [2.24, 2.45) is 5.92 Å². The topological polar surface area (TPSA) is 17.8 Å². The molecule has 1 aromatic carbocycles. The highest BCUT2D eigenvalue weighted by Gasteiger charge is 2.07. The highest BCUT2D eigenvalue weighted by Crippen LogP contribution is 2.18. The van der Waals surface area contributed by atoms with E-state index in [0.717, 1.165) is 6.42 Å². The van der Waals surface area contributed by atoms with Gasteiger partial charge in [-0.1, -0.05) is 32.0 Å². The molecule has 0 spiro atoms. The Kier molecular flexibility index (Phi) is 3.32. The molecule has 0 N–H and O–H groups in total. The summed E-state index contributed by atoms with van der Waals surface area (Å²) in [5.41, 5.74) is 4.92. The van der Waals surface area contributed by atoms with Crippen molar-refractivity contribution in [3.05, 3.63) is 47.3 Å². The summed E-state index contributed by atoms with van der Waals surface area (Å²) in [6.45, 7) is 8.70. The maximum atomic E-state index is 4.66. The smallest absolute Gasteiger partial charge is 0.0703 e. The molecule has 0 atom stereocenters. The van der Waals surface area contributed by atoms with Crippen LogP contribution in [-0.2, 0) is 6.42 Å². The lowest BCUT2D eigenvalue weighted by atomic mass is 10.1. The van der Waals surface area contributed by atoms with E-state index >= 15 is 0 Å². The maximum absolute atomic E-state index is 4.66. The summed E-state index contributed by atoms with van der Waals surface area (Å²) in [4.78, 5) is 0. The van der Waals surface area contributed by atoms with E-state index in [-0.39, 0.29) is 0 Å². The molecule has 0 unspecified atom stereocenters. The van der Waals surface area contributed by atoms with Gasteiger partial charge in [-0.05, 0) is 43.4 Å². The molecule has 0 aliphatic heterocycles. The zero-order valence-corrected chi connectivity index (χ0v) is 11.1. The van der Waals surface area contributed by atoms with E-state index in [1.54, 1.807) is 0 Å². The van der Waals surface area contributed by atoms with Crippen molar-refractivity contribution in [2.45, 2.75) is 34.1 Å². The predicted molar refractivity (Wildman–Crippen MR) is 71.6 cm³/mol. The maximum Gasteiger partial charge on any atom is 0.0703 e. The third kappa shape index (κ3) is 2.57. The minimum Gasteiger partial charge on any atom is -0.240 e. The number of hydrogen-bond donors (Lipinski definition) is 0. The van der Waals surface area contributed by atoms with Crippen molar-refractivity contribution in [3.63, 3.8) is 0 Å². The zero-order chi connectivity index (χ0) is 12.4. The zero-order valence-electron chi connectivity index (χ0n) is 11.1. The van der Waals surface area contributed by atoms with Crippen LogP contribution in [0.15, 0.2) is 30.5 Å². The standard InChI is InChI=1S/C15H20N2/c1-11(2)10-14-8-9-17(16-14)15-12(3)6-5-7-13(15)4/h5-9,11H,10H2,1-4H3. The number of aryl methyl sites for hydroxylation is 2. The molecule has 90 valence electrons. The van der Waals surface area contributed by atoms with Gasteiger partial charge < -0.3 is 0 Å². The van der Waals surface area contributed by atoms with E-state index in [0.29, 0.717) is 5.92 Å². The molecule has 0 saturated carbocycles. The molecule has 2 nitrogen and oxygen atoms in total. The summed E-state index contributed by atoms with van der Waals surface area (Å²) in [7, 11) is 0. The van der Waals surface area contributed by atoms with Crippen LogP contribution in [0.2, 0.25) is 0 Å². The first kappa shape index (κ1) is 11.9. The molecular formula is C15H20N2. The van der Waals surface area contributed by atoms with Crippen molar-refractivity contribution >= 4 is 0 Å². The molecule has 0 radical (unpaired) electrons. The Morgan fingerprint density at radius 1 is 1.12 bits per heavy atom. The van der Waals surface area contributed by atoms with Gasteiger partial charge >= 0.3 is 0 Å². The minimum atomic E-state index is 0.649. The SMILES string of the molecule is Cc1cccc(C)c1-n1ccc(CC(C)C)n1. The number of benzene rings is 1. The summed E-state index contributed by atoms with van der Waals surface area (Å²) in [5, 5.41) is 4.66. The van der Waals surface area contributed by atoms with Gasteiger partial charge in [0.1, 0.15) is 0 Å². The lowest BCUT2D eigenvalue weighted by molar-refractivity contribution is 0.628. The van der Waals surface area contributed by atoms with Crippen LogP contribution in [0.4, 0.5) is 0 Å². The molecule has 1 aromatic heterocycles. The summed E-state index contributed by atoms with van der Waals surface area (Å²) in [5.74, 6) is 0.649. The average Bonchev–Trinajstić information content (AvgIpc) is 2.65. The molecule has 2 rings (SSSR count). The van der Waals surface area contributed by atoms with Gasteiger partial charge in [0.05, 0.1) is 11.4 Å². The Bertz CT molecular complexity index is 489. The van der Waals surface area contributed by atoms with Gasteiger partial charge in [0.2, 0.25) is 0 Å². The Morgan fingerprint density at radius 2 is 1.76 bits per heavy atom. The van der Waals surface area contributed by atoms with Crippen molar-refractivity contribution in [1.82, 2.24) is 9.78 Å². The van der Waals surface area contributed by atoms with Crippen LogP contribution in [0.1, 0.15) is 30.7 Å². The Morgan fingerprint density at radius 3 is 2.35 bits per heavy atom. The van der Waals surface area contributed by atoms with Crippen LogP contribution < -0.4 is 0 Å². The van der Waals surface area contributed by atoms with Gasteiger partial charge in [-0.3, -0.25) is 0 Å². The molecule has 2 heteroatoms. The second kappa shape index (κ2) is 4.74. The van der Waals surface area contributed by atoms with E-state index < -0.39 is 0 Å². The number of nitrogens with zero attached hydrogens (tertiary/aromatic N) is 2. The molecule has 0 aliphatic rings. The fourth-order valence-electron chi connectivity index (χ4n) is 2.18. The molecule has 1 heterocycles. The molecule has 0 bridgehead atoms. The van der Waals surface area contributed by atoms with Crippen LogP contribution in [-0.4, -0.2) is 9.78 Å². The molecule has 17 heavy (non-hydrogen) atoms. The highest BCUT2D eigenvalue weighted by atomic mass is 15.3. The van der Waals surface area contributed by atoms with Crippen LogP contribution >= 0.6 is 0 Å². The fourth-order valence-corrected chi connectivity index (χ4v) is 2.18. The fraction of sp³-hybridized carbons (Fsp3) is 0.400. The molecular weight excluding hydrogens is 208 g/mol. The van der Waals surface area contributed by atoms with E-state index in [2.05, 4.69) is 63.3 Å². The first-order valence-electron chi connectivity index (χ1n) is 6.19. The van der Waals surface area contributed by atoms with Crippen molar-refractivity contribution in [2.75, 3.05) is 0 Å². The Labute approximate surface area is 103 Å². The van der Waals surface area contributed by atoms with Gasteiger partial charge in [0.15, 0.2) is 0 Å². The summed E-state index contributed by atoms with van der Waals surface area (Å²) < 4.78 is 2.00. The number of para-hydroxylation sites is 1. The second-order valence-corrected chi connectivity index (χ2v) is 5.09. The number of aromatic nitrogens is 2. The van der Waals surface area contributed by atoms with Crippen molar-refractivity contribution in [1.29, 1.82) is 0 Å². The van der Waals surface area contributed by atoms with E-state index in [1.165, 1.54) is 22.5 Å². The van der Waals surface area contributed by atoms with Gasteiger partial charge in [-0.2, -0.15) is 5.10 Å². The van der Waals surface area contributed by atoms with E-state index in [4.69, 9.17) is 0 Å². The average molecular weight is 228 g/mol. The molecule has 0 saturated heterocycles. The minimum absolute atomic E-state index is 0.649. The van der Waals surface area contributed by atoms with Gasteiger partial charge in [0.25, 0.3) is 0 Å². The largest absolute Gasteiger partial charge is 0.240 e. The quantitative estimate of drug-likeness (QED) is 0.783. The first-order valence-corrected chi connectivity index (χ1v) is 6.19. The summed E-state index contributed by atoms with van der Waals surface area (Å²) in [6, 6.07) is 8.47. The monoisotopic (exact) mass is 228 g/mol. The van der Waals surface area contributed by atoms with Crippen molar-refractivity contribution < 1.29 is 0 Å². The highest BCUT2D eigenvalue weighted by molar-refractivity contribution is 5.46. The van der Waals surface area contributed by atoms with Gasteiger partial charge in [-0.25, -0.2) is 4.68 Å². The van der Waals surface area contributed by atoms with E-state index in [1.807, 2.05) is 4.68 Å². The third-order valence-electron chi connectivity index (χ3n) is 2.93. The molecule has 0 amide bonds. The molecule has 0 fully saturated rings. The third-order valence-corrected chi connectivity index (χ3v) is 2.93. The summed E-state index contributed by atoms with van der Waals surface area (Å²) in [6.07, 6.45) is 3.10. The van der Waals surface area contributed by atoms with Gasteiger partial charge in [-0.15, -0.1) is 0 Å². The van der Waals surface area contributed by atoms with Crippen LogP contribution in [0.25, 0.3) is 5.69 Å². The summed E-state index contributed by atoms with van der Waals surface area (Å²) >= 11 is 0. The van der Waals surface area contributed by atoms with Gasteiger partial charge in [0, 0.05) is 6.20 Å². The van der Waals surface area contributed by atoms with E-state index in [9.17, 15) is 0 Å². The lowest BCUT2D eigenvalue weighted by Gasteiger charge is -2.09. The predicted octanol–water partition coefficient (Wildman–Crippen LogP) is 3.69.